The van der Waals surface area contributed by atoms with Gasteiger partial charge in [0.15, 0.2) is 0 Å². The molecule has 0 radical (unpaired) electrons. The fraction of sp³-hybridized carbons (Fsp3) is 0.421. The summed E-state index contributed by atoms with van der Waals surface area (Å²) in [5, 5.41) is 4.12. The van der Waals surface area contributed by atoms with Crippen LogP contribution in [0.4, 0.5) is 18.9 Å². The molecule has 156 valence electrons. The summed E-state index contributed by atoms with van der Waals surface area (Å²) >= 11 is 0. The number of aromatic nitrogens is 2. The van der Waals surface area contributed by atoms with Crippen LogP contribution in [0.1, 0.15) is 40.3 Å². The maximum atomic E-state index is 13.1. The molecule has 0 bridgehead atoms. The molecule has 29 heavy (non-hydrogen) atoms. The zero-order chi connectivity index (χ0) is 21.2. The lowest BCUT2D eigenvalue weighted by molar-refractivity contribution is -0.324. The molecular formula is C19H20F3N3O4. The smallest absolute Gasteiger partial charge is 0.462 e. The zero-order valence-corrected chi connectivity index (χ0v) is 15.9. The third-order valence-electron chi connectivity index (χ3n) is 4.51. The van der Waals surface area contributed by atoms with E-state index in [1.807, 2.05) is 6.92 Å². The standard InChI is InChI=1S/C19H20F3N3O4/c1-3-28-18(27)15-10-23-24-11-12(2)25(17(26)16(15)24)14-6-4-13(5-7-14)8-9-29-19(20,21)22/h4-7,10,12H,3,8-9,11H2,1-2H3/t12-/m0/s1. The minimum absolute atomic E-state index is 0.0864. The van der Waals surface area contributed by atoms with Gasteiger partial charge in [0.25, 0.3) is 5.91 Å². The lowest BCUT2D eigenvalue weighted by Crippen LogP contribution is -2.47. The van der Waals surface area contributed by atoms with Gasteiger partial charge in [-0.05, 0) is 38.0 Å². The van der Waals surface area contributed by atoms with Crippen LogP contribution < -0.4 is 4.90 Å². The summed E-state index contributed by atoms with van der Waals surface area (Å²) in [5.41, 5.74) is 1.48. The summed E-state index contributed by atoms with van der Waals surface area (Å²) < 4.78 is 46.5. The van der Waals surface area contributed by atoms with Crippen molar-refractivity contribution in [3.63, 3.8) is 0 Å². The summed E-state index contributed by atoms with van der Waals surface area (Å²) in [5.74, 6) is -1.01. The number of rotatable bonds is 6. The minimum atomic E-state index is -4.66. The Morgan fingerprint density at radius 2 is 1.97 bits per heavy atom. The molecule has 1 aromatic carbocycles. The van der Waals surface area contributed by atoms with Gasteiger partial charge in [0.2, 0.25) is 0 Å². The molecule has 1 aliphatic rings. The van der Waals surface area contributed by atoms with E-state index < -0.39 is 24.8 Å². The fourth-order valence-corrected chi connectivity index (χ4v) is 3.23. The Bertz CT molecular complexity index is 893. The van der Waals surface area contributed by atoms with Crippen LogP contribution in [0.5, 0.6) is 0 Å². The van der Waals surface area contributed by atoms with E-state index in [9.17, 15) is 22.8 Å². The van der Waals surface area contributed by atoms with E-state index in [1.165, 1.54) is 15.8 Å². The topological polar surface area (TPSA) is 73.7 Å². The molecule has 0 aliphatic carbocycles. The normalized spacial score (nSPS) is 16.7. The van der Waals surface area contributed by atoms with Crippen molar-refractivity contribution in [1.82, 2.24) is 9.78 Å². The summed E-state index contributed by atoms with van der Waals surface area (Å²) in [6.45, 7) is 3.60. The average molecular weight is 411 g/mol. The maximum Gasteiger partial charge on any atom is 0.522 e. The number of amides is 1. The molecule has 0 unspecified atom stereocenters. The molecule has 0 fully saturated rings. The predicted molar refractivity (Wildman–Crippen MR) is 96.6 cm³/mol. The highest BCUT2D eigenvalue weighted by Crippen LogP contribution is 2.27. The second kappa shape index (κ2) is 8.24. The Balaban J connectivity index is 1.78. The molecule has 10 heteroatoms. The SMILES string of the molecule is CCOC(=O)c1cnn2c1C(=O)N(c1ccc(CCOC(F)(F)F)cc1)[C@@H](C)C2. The van der Waals surface area contributed by atoms with Crippen LogP contribution in [0, 0.1) is 0 Å². The number of hydrogen-bond acceptors (Lipinski definition) is 5. The van der Waals surface area contributed by atoms with E-state index in [0.29, 0.717) is 17.8 Å². The van der Waals surface area contributed by atoms with Crippen LogP contribution in [-0.2, 0) is 22.4 Å². The van der Waals surface area contributed by atoms with E-state index in [0.717, 1.165) is 0 Å². The van der Waals surface area contributed by atoms with E-state index in [-0.39, 0.29) is 30.3 Å². The van der Waals surface area contributed by atoms with Crippen molar-refractivity contribution < 1.29 is 32.2 Å². The Kier molecular flexibility index (Phi) is 5.92. The third-order valence-corrected chi connectivity index (χ3v) is 4.51. The molecule has 1 aromatic heterocycles. The number of benzene rings is 1. The van der Waals surface area contributed by atoms with Crippen LogP contribution in [0.25, 0.3) is 0 Å². The number of alkyl halides is 3. The molecule has 1 amide bonds. The largest absolute Gasteiger partial charge is 0.522 e. The quantitative estimate of drug-likeness (QED) is 0.683. The first-order valence-electron chi connectivity index (χ1n) is 9.07. The number of ether oxygens (including phenoxy) is 2. The van der Waals surface area contributed by atoms with Crippen molar-refractivity contribution in [3.05, 3.63) is 47.3 Å². The monoisotopic (exact) mass is 411 g/mol. The highest BCUT2D eigenvalue weighted by molar-refractivity contribution is 6.12. The molecule has 7 nitrogen and oxygen atoms in total. The lowest BCUT2D eigenvalue weighted by Gasteiger charge is -2.34. The molecule has 2 aromatic rings. The number of nitrogens with zero attached hydrogens (tertiary/aromatic N) is 3. The van der Waals surface area contributed by atoms with E-state index in [2.05, 4.69) is 9.84 Å². The Hall–Kier alpha value is -2.88. The van der Waals surface area contributed by atoms with E-state index in [4.69, 9.17) is 4.74 Å². The minimum Gasteiger partial charge on any atom is -0.462 e. The Labute approximate surface area is 165 Å². The van der Waals surface area contributed by atoms with Gasteiger partial charge in [-0.25, -0.2) is 4.79 Å². The molecule has 0 N–H and O–H groups in total. The van der Waals surface area contributed by atoms with Gasteiger partial charge in [0, 0.05) is 5.69 Å². The van der Waals surface area contributed by atoms with Crippen molar-refractivity contribution in [2.75, 3.05) is 18.1 Å². The van der Waals surface area contributed by atoms with Crippen molar-refractivity contribution >= 4 is 17.6 Å². The Morgan fingerprint density at radius 1 is 1.28 bits per heavy atom. The molecule has 1 atom stereocenters. The molecule has 0 spiro atoms. The number of carbonyl (C=O) groups is 2. The zero-order valence-electron chi connectivity index (χ0n) is 15.9. The van der Waals surface area contributed by atoms with Crippen LogP contribution in [0.15, 0.2) is 30.5 Å². The molecule has 0 saturated heterocycles. The van der Waals surface area contributed by atoms with Gasteiger partial charge < -0.3 is 9.64 Å². The molecule has 0 saturated carbocycles. The first kappa shape index (κ1) is 20.8. The van der Waals surface area contributed by atoms with Gasteiger partial charge in [0.05, 0.1) is 32.0 Å². The van der Waals surface area contributed by atoms with Gasteiger partial charge in [0.1, 0.15) is 11.3 Å². The average Bonchev–Trinajstić information content (AvgIpc) is 3.06. The van der Waals surface area contributed by atoms with Gasteiger partial charge in [-0.1, -0.05) is 12.1 Å². The van der Waals surface area contributed by atoms with Gasteiger partial charge in [-0.3, -0.25) is 14.2 Å². The third kappa shape index (κ3) is 4.58. The first-order chi connectivity index (χ1) is 13.7. The number of anilines is 1. The molecular weight excluding hydrogens is 391 g/mol. The number of carbonyl (C=O) groups excluding carboxylic acids is 2. The molecule has 2 heterocycles. The second-order valence-corrected chi connectivity index (χ2v) is 6.54. The highest BCUT2D eigenvalue weighted by atomic mass is 19.4. The number of hydrogen-bond donors (Lipinski definition) is 0. The van der Waals surface area contributed by atoms with Crippen molar-refractivity contribution in [1.29, 1.82) is 0 Å². The predicted octanol–water partition coefficient (Wildman–Crippen LogP) is 3.19. The summed E-state index contributed by atoms with van der Waals surface area (Å²) in [6, 6.07) is 6.38. The van der Waals surface area contributed by atoms with Crippen LogP contribution in [0.3, 0.4) is 0 Å². The number of fused-ring (bicyclic) bond motifs is 1. The van der Waals surface area contributed by atoms with Crippen LogP contribution in [-0.4, -0.2) is 47.3 Å². The van der Waals surface area contributed by atoms with Gasteiger partial charge in [-0.15, -0.1) is 13.2 Å². The van der Waals surface area contributed by atoms with Crippen molar-refractivity contribution in [2.24, 2.45) is 0 Å². The fourth-order valence-electron chi connectivity index (χ4n) is 3.23. The summed E-state index contributed by atoms with van der Waals surface area (Å²) in [6.07, 6.45) is -3.25. The molecule has 3 rings (SSSR count). The lowest BCUT2D eigenvalue weighted by atomic mass is 10.1. The van der Waals surface area contributed by atoms with Crippen LogP contribution >= 0.6 is 0 Å². The van der Waals surface area contributed by atoms with E-state index >= 15 is 0 Å². The summed E-state index contributed by atoms with van der Waals surface area (Å²) in [7, 11) is 0. The number of esters is 1. The van der Waals surface area contributed by atoms with E-state index in [1.54, 1.807) is 31.2 Å². The number of halogens is 3. The summed E-state index contributed by atoms with van der Waals surface area (Å²) in [4.78, 5) is 26.8. The van der Waals surface area contributed by atoms with Gasteiger partial charge in [-0.2, -0.15) is 5.10 Å². The molecule has 1 aliphatic heterocycles. The van der Waals surface area contributed by atoms with Crippen molar-refractivity contribution in [2.45, 2.75) is 39.2 Å². The maximum absolute atomic E-state index is 13.1. The van der Waals surface area contributed by atoms with Gasteiger partial charge >= 0.3 is 12.3 Å². The van der Waals surface area contributed by atoms with Crippen molar-refractivity contribution in [3.8, 4) is 0 Å². The van der Waals surface area contributed by atoms with Crippen LogP contribution in [0.2, 0.25) is 0 Å². The Morgan fingerprint density at radius 3 is 2.59 bits per heavy atom. The highest BCUT2D eigenvalue weighted by Gasteiger charge is 2.36. The first-order valence-corrected chi connectivity index (χ1v) is 9.07. The second-order valence-electron chi connectivity index (χ2n) is 6.54.